The fourth-order valence-corrected chi connectivity index (χ4v) is 1.81. The summed E-state index contributed by atoms with van der Waals surface area (Å²) in [5.41, 5.74) is 0.989. The van der Waals surface area contributed by atoms with Gasteiger partial charge in [-0.3, -0.25) is 0 Å². The molecule has 2 aromatic rings. The summed E-state index contributed by atoms with van der Waals surface area (Å²) < 4.78 is 0. The molecule has 2 aromatic carbocycles. The molecule has 0 unspecified atom stereocenters. The predicted octanol–water partition coefficient (Wildman–Crippen LogP) is 5.83. The van der Waals surface area contributed by atoms with Crippen LogP contribution in [0.3, 0.4) is 0 Å². The quantitative estimate of drug-likeness (QED) is 0.741. The van der Waals surface area contributed by atoms with Crippen LogP contribution in [0.1, 0.15) is 62.3 Å². The second-order valence-electron chi connectivity index (χ2n) is 3.70. The molecule has 4 heteroatoms. The molecule has 24 heavy (non-hydrogen) atoms. The third-order valence-corrected chi connectivity index (χ3v) is 2.61. The number of hydrogen-bond donors (Lipinski definition) is 2. The molecule has 0 heterocycles. The second-order valence-corrected chi connectivity index (χ2v) is 3.70. The topological polar surface area (TPSA) is 74.6 Å². The maximum absolute atomic E-state index is 11.1. The molecule has 0 saturated carbocycles. The molecular formula is C20H28O4. The monoisotopic (exact) mass is 332 g/mol. The van der Waals surface area contributed by atoms with Gasteiger partial charge >= 0.3 is 11.9 Å². The first-order chi connectivity index (χ1) is 11.6. The molecule has 0 spiro atoms. The van der Waals surface area contributed by atoms with Crippen molar-refractivity contribution in [2.45, 2.75) is 41.5 Å². The lowest BCUT2D eigenvalue weighted by Crippen LogP contribution is -2.03. The van der Waals surface area contributed by atoms with Crippen LogP contribution in [0.5, 0.6) is 0 Å². The van der Waals surface area contributed by atoms with Crippen molar-refractivity contribution in [3.05, 3.63) is 59.7 Å². The van der Waals surface area contributed by atoms with Crippen molar-refractivity contribution in [2.75, 3.05) is 0 Å². The lowest BCUT2D eigenvalue weighted by Gasteiger charge is -2.08. The molecule has 0 aliphatic heterocycles. The van der Waals surface area contributed by atoms with Gasteiger partial charge in [0.25, 0.3) is 0 Å². The molecule has 0 amide bonds. The standard InChI is InChI=1S/C14H10O4.3C2H6/c15-13(16)11-7-3-1-5-9(11)10-6-2-4-8-12(10)14(17)18;3*1-2/h1-8H,(H,15,16)(H,17,18);3*1-2H3. The molecule has 0 fully saturated rings. The summed E-state index contributed by atoms with van der Waals surface area (Å²) in [6.45, 7) is 12.0. The van der Waals surface area contributed by atoms with Crippen molar-refractivity contribution in [3.63, 3.8) is 0 Å². The van der Waals surface area contributed by atoms with Gasteiger partial charge in [-0.25, -0.2) is 9.59 Å². The van der Waals surface area contributed by atoms with E-state index in [0.29, 0.717) is 11.1 Å². The Labute approximate surface area is 144 Å². The summed E-state index contributed by atoms with van der Waals surface area (Å²) in [5.74, 6) is -2.16. The SMILES string of the molecule is CC.CC.CC.O=C(O)c1ccccc1-c1ccccc1C(=O)O. The minimum Gasteiger partial charge on any atom is -0.478 e. The summed E-state index contributed by atoms with van der Waals surface area (Å²) in [7, 11) is 0. The van der Waals surface area contributed by atoms with Crippen LogP contribution in [0, 0.1) is 0 Å². The van der Waals surface area contributed by atoms with Crippen molar-refractivity contribution >= 4 is 11.9 Å². The number of carboxylic acids is 2. The summed E-state index contributed by atoms with van der Waals surface area (Å²) in [6, 6.07) is 12.7. The number of benzene rings is 2. The predicted molar refractivity (Wildman–Crippen MR) is 99.8 cm³/mol. The Kier molecular flexibility index (Phi) is 13.8. The van der Waals surface area contributed by atoms with Crippen molar-refractivity contribution in [1.29, 1.82) is 0 Å². The third kappa shape index (κ3) is 6.65. The van der Waals surface area contributed by atoms with Crippen LogP contribution in [0.25, 0.3) is 11.1 Å². The largest absolute Gasteiger partial charge is 0.478 e. The molecule has 4 nitrogen and oxygen atoms in total. The highest BCUT2D eigenvalue weighted by molar-refractivity contribution is 6.02. The summed E-state index contributed by atoms with van der Waals surface area (Å²) in [5, 5.41) is 18.2. The van der Waals surface area contributed by atoms with Gasteiger partial charge in [0.1, 0.15) is 0 Å². The highest BCUT2D eigenvalue weighted by Crippen LogP contribution is 2.27. The molecule has 0 atom stereocenters. The normalized spacial score (nSPS) is 8.25. The van der Waals surface area contributed by atoms with Gasteiger partial charge in [-0.1, -0.05) is 77.9 Å². The highest BCUT2D eigenvalue weighted by Gasteiger charge is 2.16. The van der Waals surface area contributed by atoms with Crippen molar-refractivity contribution in [2.24, 2.45) is 0 Å². The average Bonchev–Trinajstić information content (AvgIpc) is 2.66. The van der Waals surface area contributed by atoms with Gasteiger partial charge in [0.05, 0.1) is 11.1 Å². The summed E-state index contributed by atoms with van der Waals surface area (Å²) >= 11 is 0. The molecule has 0 radical (unpaired) electrons. The maximum Gasteiger partial charge on any atom is 0.336 e. The molecule has 2 N–H and O–H groups in total. The van der Waals surface area contributed by atoms with Gasteiger partial charge in [-0.15, -0.1) is 0 Å². The van der Waals surface area contributed by atoms with Gasteiger partial charge in [-0.2, -0.15) is 0 Å². The zero-order chi connectivity index (χ0) is 19.1. The molecule has 2 rings (SSSR count). The van der Waals surface area contributed by atoms with Crippen LogP contribution in [0.2, 0.25) is 0 Å². The van der Waals surface area contributed by atoms with E-state index >= 15 is 0 Å². The van der Waals surface area contributed by atoms with E-state index in [0.717, 1.165) is 0 Å². The molecule has 0 aliphatic carbocycles. The molecule has 0 bridgehead atoms. The van der Waals surface area contributed by atoms with Crippen LogP contribution in [0.15, 0.2) is 48.5 Å². The Morgan fingerprint density at radius 1 is 0.583 bits per heavy atom. The number of hydrogen-bond acceptors (Lipinski definition) is 2. The van der Waals surface area contributed by atoms with Gasteiger partial charge in [0.15, 0.2) is 0 Å². The fourth-order valence-electron chi connectivity index (χ4n) is 1.81. The van der Waals surface area contributed by atoms with Crippen molar-refractivity contribution in [3.8, 4) is 11.1 Å². The van der Waals surface area contributed by atoms with Gasteiger partial charge in [0.2, 0.25) is 0 Å². The van der Waals surface area contributed by atoms with Crippen molar-refractivity contribution < 1.29 is 19.8 Å². The average molecular weight is 332 g/mol. The summed E-state index contributed by atoms with van der Waals surface area (Å²) in [4.78, 5) is 22.3. The van der Waals surface area contributed by atoms with E-state index in [4.69, 9.17) is 10.2 Å². The first-order valence-electron chi connectivity index (χ1n) is 8.26. The number of carbonyl (C=O) groups is 2. The Morgan fingerprint density at radius 3 is 1.08 bits per heavy atom. The van der Waals surface area contributed by atoms with E-state index in [-0.39, 0.29) is 11.1 Å². The Morgan fingerprint density at radius 2 is 0.833 bits per heavy atom. The Bertz CT molecular complexity index is 563. The van der Waals surface area contributed by atoms with Gasteiger partial charge < -0.3 is 10.2 Å². The molecule has 0 saturated heterocycles. The lowest BCUT2D eigenvalue weighted by molar-refractivity contribution is 0.0684. The van der Waals surface area contributed by atoms with Gasteiger partial charge in [0, 0.05) is 0 Å². The third-order valence-electron chi connectivity index (χ3n) is 2.61. The number of aromatic carboxylic acids is 2. The van der Waals surface area contributed by atoms with E-state index < -0.39 is 11.9 Å². The van der Waals surface area contributed by atoms with Crippen LogP contribution in [0.4, 0.5) is 0 Å². The number of carboxylic acid groups (broad SMARTS) is 2. The van der Waals surface area contributed by atoms with Crippen LogP contribution in [-0.4, -0.2) is 22.2 Å². The summed E-state index contributed by atoms with van der Waals surface area (Å²) in [6.07, 6.45) is 0. The Balaban J connectivity index is 0. The number of rotatable bonds is 3. The molecule has 132 valence electrons. The van der Waals surface area contributed by atoms with E-state index in [1.807, 2.05) is 41.5 Å². The van der Waals surface area contributed by atoms with Crippen LogP contribution >= 0.6 is 0 Å². The fraction of sp³-hybridized carbons (Fsp3) is 0.300. The smallest absolute Gasteiger partial charge is 0.336 e. The van der Waals surface area contributed by atoms with Crippen LogP contribution < -0.4 is 0 Å². The first-order valence-corrected chi connectivity index (χ1v) is 8.26. The van der Waals surface area contributed by atoms with E-state index in [9.17, 15) is 9.59 Å². The minimum atomic E-state index is -1.08. The molecular weight excluding hydrogens is 304 g/mol. The molecule has 0 aromatic heterocycles. The van der Waals surface area contributed by atoms with E-state index in [1.165, 1.54) is 12.1 Å². The highest BCUT2D eigenvalue weighted by atomic mass is 16.4. The first kappa shape index (κ1) is 23.6. The van der Waals surface area contributed by atoms with E-state index in [2.05, 4.69) is 0 Å². The van der Waals surface area contributed by atoms with Crippen molar-refractivity contribution in [1.82, 2.24) is 0 Å². The van der Waals surface area contributed by atoms with Gasteiger partial charge in [-0.05, 0) is 23.3 Å². The maximum atomic E-state index is 11.1. The zero-order valence-corrected chi connectivity index (χ0v) is 15.3. The molecule has 0 aliphatic rings. The van der Waals surface area contributed by atoms with Crippen LogP contribution in [-0.2, 0) is 0 Å². The zero-order valence-electron chi connectivity index (χ0n) is 15.3. The van der Waals surface area contributed by atoms with E-state index in [1.54, 1.807) is 36.4 Å². The Hall–Kier alpha value is -2.62. The lowest BCUT2D eigenvalue weighted by atomic mass is 9.95. The minimum absolute atomic E-state index is 0.0891. The second kappa shape index (κ2) is 14.0.